The Morgan fingerprint density at radius 3 is 2.88 bits per heavy atom. The molecule has 0 aliphatic carbocycles. The summed E-state index contributed by atoms with van der Waals surface area (Å²) in [4.78, 5) is 4.25. The molecule has 0 saturated heterocycles. The second kappa shape index (κ2) is 5.64. The first-order valence-corrected chi connectivity index (χ1v) is 8.68. The molecule has 7 heteroatoms. The summed E-state index contributed by atoms with van der Waals surface area (Å²) in [5.41, 5.74) is 4.35. The molecule has 0 bridgehead atoms. The number of hydrogen-bond donors (Lipinski definition) is 0. The molecule has 4 aromatic rings. The van der Waals surface area contributed by atoms with Crippen molar-refractivity contribution >= 4 is 17.2 Å². The highest BCUT2D eigenvalue weighted by atomic mass is 35.5. The molecular weight excluding hydrogens is 358 g/mol. The molecule has 4 heterocycles. The van der Waals surface area contributed by atoms with Gasteiger partial charge in [0.25, 0.3) is 0 Å². The van der Waals surface area contributed by atoms with Gasteiger partial charge in [0.1, 0.15) is 22.2 Å². The van der Waals surface area contributed by atoms with Gasteiger partial charge >= 0.3 is 0 Å². The molecule has 0 radical (unpaired) electrons. The number of hydrogen-bond acceptors (Lipinski definition) is 2. The molecule has 130 valence electrons. The lowest BCUT2D eigenvalue weighted by atomic mass is 9.98. The van der Waals surface area contributed by atoms with Crippen molar-refractivity contribution in [2.24, 2.45) is 0 Å². The third-order valence-electron chi connectivity index (χ3n) is 4.81. The topological polar surface area (TPSA) is 35.1 Å². The van der Waals surface area contributed by atoms with Crippen molar-refractivity contribution in [1.29, 1.82) is 0 Å². The summed E-state index contributed by atoms with van der Waals surface area (Å²) in [7, 11) is 0. The van der Waals surface area contributed by atoms with E-state index >= 15 is 0 Å². The van der Waals surface area contributed by atoms with E-state index in [1.165, 1.54) is 12.1 Å². The van der Waals surface area contributed by atoms with E-state index in [9.17, 15) is 8.78 Å². The van der Waals surface area contributed by atoms with Crippen molar-refractivity contribution in [3.05, 3.63) is 65.2 Å². The van der Waals surface area contributed by atoms with Gasteiger partial charge in [-0.25, -0.2) is 13.8 Å². The van der Waals surface area contributed by atoms with Crippen molar-refractivity contribution in [2.45, 2.75) is 19.4 Å². The SMILES string of the molecule is Fc1ccc(-c2nn3c(c2-c2ccc4nccn4c2)CCC3)c(F)c1Cl. The number of nitrogens with zero attached hydrogens (tertiary/aromatic N) is 4. The quantitative estimate of drug-likeness (QED) is 0.478. The predicted molar refractivity (Wildman–Crippen MR) is 95.1 cm³/mol. The van der Waals surface area contributed by atoms with Crippen LogP contribution in [0.3, 0.4) is 0 Å². The molecule has 0 saturated carbocycles. The Labute approximate surface area is 152 Å². The van der Waals surface area contributed by atoms with E-state index in [2.05, 4.69) is 10.1 Å². The molecule has 4 nitrogen and oxygen atoms in total. The molecule has 5 rings (SSSR count). The van der Waals surface area contributed by atoms with Crippen molar-refractivity contribution < 1.29 is 8.78 Å². The van der Waals surface area contributed by atoms with Crippen LogP contribution in [-0.4, -0.2) is 19.2 Å². The lowest BCUT2D eigenvalue weighted by Gasteiger charge is -2.08. The molecule has 0 spiro atoms. The third kappa shape index (κ3) is 2.18. The Morgan fingerprint density at radius 2 is 2.00 bits per heavy atom. The molecule has 1 aromatic carbocycles. The Balaban J connectivity index is 1.79. The van der Waals surface area contributed by atoms with Crippen LogP contribution in [0, 0.1) is 11.6 Å². The van der Waals surface area contributed by atoms with E-state index in [0.29, 0.717) is 5.69 Å². The van der Waals surface area contributed by atoms with Gasteiger partial charge in [-0.1, -0.05) is 11.6 Å². The van der Waals surface area contributed by atoms with Gasteiger partial charge in [-0.2, -0.15) is 5.10 Å². The van der Waals surface area contributed by atoms with Gasteiger partial charge < -0.3 is 4.40 Å². The Bertz CT molecular complexity index is 1160. The lowest BCUT2D eigenvalue weighted by molar-refractivity contribution is 0.585. The largest absolute Gasteiger partial charge is 0.306 e. The van der Waals surface area contributed by atoms with Crippen LogP contribution in [-0.2, 0) is 13.0 Å². The van der Waals surface area contributed by atoms with Crippen LogP contribution in [0.5, 0.6) is 0 Å². The fourth-order valence-corrected chi connectivity index (χ4v) is 3.77. The van der Waals surface area contributed by atoms with E-state index in [1.807, 2.05) is 33.6 Å². The van der Waals surface area contributed by atoms with Crippen LogP contribution in [0.2, 0.25) is 5.02 Å². The second-order valence-electron chi connectivity index (χ2n) is 6.33. The van der Waals surface area contributed by atoms with E-state index in [-0.39, 0.29) is 5.56 Å². The molecule has 26 heavy (non-hydrogen) atoms. The van der Waals surface area contributed by atoms with Gasteiger partial charge in [-0.3, -0.25) is 4.68 Å². The molecule has 3 aromatic heterocycles. The minimum absolute atomic E-state index is 0.207. The summed E-state index contributed by atoms with van der Waals surface area (Å²) in [5, 5.41) is 4.10. The maximum absolute atomic E-state index is 14.7. The van der Waals surface area contributed by atoms with Crippen molar-refractivity contribution in [2.75, 3.05) is 0 Å². The summed E-state index contributed by atoms with van der Waals surface area (Å²) in [6.45, 7) is 0.784. The van der Waals surface area contributed by atoms with Crippen LogP contribution in [0.4, 0.5) is 8.78 Å². The van der Waals surface area contributed by atoms with E-state index in [1.54, 1.807) is 6.20 Å². The fourth-order valence-electron chi connectivity index (χ4n) is 3.60. The Morgan fingerprint density at radius 1 is 1.12 bits per heavy atom. The van der Waals surface area contributed by atoms with Gasteiger partial charge in [0.2, 0.25) is 0 Å². The maximum Gasteiger partial charge on any atom is 0.154 e. The first kappa shape index (κ1) is 15.5. The van der Waals surface area contributed by atoms with Crippen LogP contribution >= 0.6 is 11.6 Å². The highest BCUT2D eigenvalue weighted by molar-refractivity contribution is 6.31. The summed E-state index contributed by atoms with van der Waals surface area (Å²) < 4.78 is 32.1. The first-order valence-electron chi connectivity index (χ1n) is 8.30. The summed E-state index contributed by atoms with van der Waals surface area (Å²) >= 11 is 5.79. The normalized spacial score (nSPS) is 13.5. The monoisotopic (exact) mass is 370 g/mol. The average Bonchev–Trinajstić information content (AvgIpc) is 3.34. The molecule has 0 fully saturated rings. The molecule has 1 aliphatic rings. The predicted octanol–water partition coefficient (Wildman–Crippen LogP) is 4.74. The van der Waals surface area contributed by atoms with Crippen molar-refractivity contribution in [1.82, 2.24) is 19.2 Å². The van der Waals surface area contributed by atoms with Gasteiger partial charge in [0, 0.05) is 47.5 Å². The minimum Gasteiger partial charge on any atom is -0.306 e. The standard InChI is InChI=1S/C19H13ClF2N4/c20-17-13(21)5-4-12(18(17)22)19-16(14-2-1-8-26(14)24-19)11-3-6-15-23-7-9-25(15)10-11/h3-7,9-10H,1-2,8H2. The van der Waals surface area contributed by atoms with Crippen LogP contribution in [0.15, 0.2) is 42.9 Å². The van der Waals surface area contributed by atoms with E-state index in [4.69, 9.17) is 11.6 Å². The lowest BCUT2D eigenvalue weighted by Crippen LogP contribution is -1.95. The highest BCUT2D eigenvalue weighted by Gasteiger charge is 2.26. The zero-order valence-electron chi connectivity index (χ0n) is 13.6. The van der Waals surface area contributed by atoms with Gasteiger partial charge in [-0.15, -0.1) is 0 Å². The molecule has 0 amide bonds. The zero-order chi connectivity index (χ0) is 17.8. The zero-order valence-corrected chi connectivity index (χ0v) is 14.3. The number of pyridine rings is 1. The summed E-state index contributed by atoms with van der Waals surface area (Å²) in [5.74, 6) is -1.56. The van der Waals surface area contributed by atoms with Crippen LogP contribution in [0.25, 0.3) is 28.0 Å². The molecular formula is C19H13ClF2N4. The smallest absolute Gasteiger partial charge is 0.154 e. The number of benzene rings is 1. The number of halogens is 3. The van der Waals surface area contributed by atoms with Crippen LogP contribution in [0.1, 0.15) is 12.1 Å². The van der Waals surface area contributed by atoms with Gasteiger partial charge in [0.05, 0.1) is 0 Å². The molecule has 1 aliphatic heterocycles. The summed E-state index contributed by atoms with van der Waals surface area (Å²) in [6.07, 6.45) is 7.39. The van der Waals surface area contributed by atoms with E-state index < -0.39 is 16.7 Å². The fraction of sp³-hybridized carbons (Fsp3) is 0.158. The average molecular weight is 371 g/mol. The number of aryl methyl sites for hydroxylation is 1. The number of aromatic nitrogens is 4. The molecule has 0 atom stereocenters. The number of rotatable bonds is 2. The number of fused-ring (bicyclic) bond motifs is 2. The first-order chi connectivity index (χ1) is 12.6. The maximum atomic E-state index is 14.7. The second-order valence-corrected chi connectivity index (χ2v) is 6.71. The molecule has 0 unspecified atom stereocenters. The van der Waals surface area contributed by atoms with E-state index in [0.717, 1.165) is 41.9 Å². The van der Waals surface area contributed by atoms with Gasteiger partial charge in [-0.05, 0) is 37.1 Å². The summed E-state index contributed by atoms with van der Waals surface area (Å²) in [6, 6.07) is 6.43. The third-order valence-corrected chi connectivity index (χ3v) is 5.16. The highest BCUT2D eigenvalue weighted by Crippen LogP contribution is 2.39. The Kier molecular flexibility index (Phi) is 3.37. The number of imidazole rings is 1. The van der Waals surface area contributed by atoms with Gasteiger partial charge in [0.15, 0.2) is 5.82 Å². The van der Waals surface area contributed by atoms with Crippen LogP contribution < -0.4 is 0 Å². The molecule has 0 N–H and O–H groups in total. The minimum atomic E-state index is -0.784. The van der Waals surface area contributed by atoms with Crippen molar-refractivity contribution in [3.8, 4) is 22.4 Å². The Hall–Kier alpha value is -2.73. The van der Waals surface area contributed by atoms with Crippen molar-refractivity contribution in [3.63, 3.8) is 0 Å².